The summed E-state index contributed by atoms with van der Waals surface area (Å²) in [6, 6.07) is 0. The van der Waals surface area contributed by atoms with Crippen LogP contribution in [0.5, 0.6) is 0 Å². The molecule has 0 saturated heterocycles. The van der Waals surface area contributed by atoms with Crippen LogP contribution in [0.2, 0.25) is 0 Å². The highest BCUT2D eigenvalue weighted by molar-refractivity contribution is 5.85. The Hall–Kier alpha value is -1.58. The zero-order chi connectivity index (χ0) is 21.4. The average Bonchev–Trinajstić information content (AvgIpc) is 2.56. The van der Waals surface area contributed by atoms with Gasteiger partial charge in [-0.3, -0.25) is 0 Å². The third kappa shape index (κ3) is 14.5. The summed E-state index contributed by atoms with van der Waals surface area (Å²) in [6.07, 6.45) is 21.4. The molecule has 2 rings (SSSR count). The molecule has 0 heterocycles. The number of carboxylic acid groups (broad SMARTS) is 2. The summed E-state index contributed by atoms with van der Waals surface area (Å²) < 4.78 is 0. The van der Waals surface area contributed by atoms with Crippen molar-refractivity contribution in [2.45, 2.75) is 104 Å². The van der Waals surface area contributed by atoms with Crippen molar-refractivity contribution in [2.24, 2.45) is 11.8 Å². The van der Waals surface area contributed by atoms with Crippen molar-refractivity contribution >= 4 is 11.9 Å². The Morgan fingerprint density at radius 1 is 0.571 bits per heavy atom. The molecule has 2 fully saturated rings. The number of carboxylic acids is 2. The summed E-state index contributed by atoms with van der Waals surface area (Å²) in [7, 11) is 0. The van der Waals surface area contributed by atoms with E-state index >= 15 is 0 Å². The van der Waals surface area contributed by atoms with Crippen LogP contribution in [0, 0.1) is 11.8 Å². The van der Waals surface area contributed by atoms with Gasteiger partial charge in [-0.25, -0.2) is 9.59 Å². The minimum absolute atomic E-state index is 0.176. The largest absolute Gasteiger partial charge is 0.478 e. The Bertz CT molecular complexity index is 397. The second-order valence-corrected chi connectivity index (χ2v) is 8.38. The lowest BCUT2D eigenvalue weighted by Crippen LogP contribution is -2.17. The third-order valence-corrected chi connectivity index (χ3v) is 5.70. The van der Waals surface area contributed by atoms with E-state index in [4.69, 9.17) is 10.2 Å². The molecule has 2 N–H and O–H groups in total. The summed E-state index contributed by atoms with van der Waals surface area (Å²) in [5.41, 5.74) is 0.352. The normalized spacial score (nSPS) is 19.1. The number of aliphatic carboxylic acids is 2. The van der Waals surface area contributed by atoms with Gasteiger partial charge in [-0.15, -0.1) is 0 Å². The van der Waals surface area contributed by atoms with E-state index in [-0.39, 0.29) is 11.1 Å². The summed E-state index contributed by atoms with van der Waals surface area (Å²) >= 11 is 0. The summed E-state index contributed by atoms with van der Waals surface area (Å²) in [4.78, 5) is 19.2. The fourth-order valence-electron chi connectivity index (χ4n) is 3.92. The monoisotopic (exact) mass is 394 g/mol. The molecule has 162 valence electrons. The van der Waals surface area contributed by atoms with Gasteiger partial charge >= 0.3 is 11.9 Å². The fraction of sp³-hybridized carbons (Fsp3) is 0.750. The third-order valence-electron chi connectivity index (χ3n) is 5.70. The molecular formula is C24H42O4. The van der Waals surface area contributed by atoms with Crippen molar-refractivity contribution in [3.63, 3.8) is 0 Å². The van der Waals surface area contributed by atoms with Gasteiger partial charge in [0.25, 0.3) is 0 Å². The molecule has 4 heteroatoms. The van der Waals surface area contributed by atoms with Crippen molar-refractivity contribution in [3.05, 3.63) is 24.3 Å². The molecule has 0 amide bonds. The molecule has 0 bridgehead atoms. The Labute approximate surface area is 172 Å². The molecule has 2 aliphatic carbocycles. The smallest absolute Gasteiger partial charge is 0.330 e. The first kappa shape index (κ1) is 26.4. The zero-order valence-electron chi connectivity index (χ0n) is 18.2. The van der Waals surface area contributed by atoms with Gasteiger partial charge in [-0.05, 0) is 25.7 Å². The van der Waals surface area contributed by atoms with Crippen LogP contribution in [-0.4, -0.2) is 22.2 Å². The standard InChI is InChI=1S/C16H30.2C4H6O2/c1-3-7-11-15(12-8-4-1)16-13-9-5-2-6-10-14-16;2*1-3(2)4(5)6/h15-16H,1-14H2;2*1H2,2H3,(H,5,6). The van der Waals surface area contributed by atoms with Crippen LogP contribution in [-0.2, 0) is 9.59 Å². The highest BCUT2D eigenvalue weighted by Gasteiger charge is 2.22. The molecule has 0 unspecified atom stereocenters. The van der Waals surface area contributed by atoms with Crippen molar-refractivity contribution in [2.75, 3.05) is 0 Å². The minimum Gasteiger partial charge on any atom is -0.478 e. The quantitative estimate of drug-likeness (QED) is 0.505. The second kappa shape index (κ2) is 16.4. The van der Waals surface area contributed by atoms with Crippen LogP contribution in [0.25, 0.3) is 0 Å². The van der Waals surface area contributed by atoms with Crippen LogP contribution in [0.3, 0.4) is 0 Å². The van der Waals surface area contributed by atoms with E-state index in [0.717, 1.165) is 11.8 Å². The van der Waals surface area contributed by atoms with Gasteiger partial charge in [-0.2, -0.15) is 0 Å². The van der Waals surface area contributed by atoms with Gasteiger partial charge in [0, 0.05) is 11.1 Å². The van der Waals surface area contributed by atoms with E-state index < -0.39 is 11.9 Å². The van der Waals surface area contributed by atoms with Crippen LogP contribution in [0.15, 0.2) is 24.3 Å². The maximum atomic E-state index is 9.60. The van der Waals surface area contributed by atoms with E-state index in [1.165, 1.54) is 78.1 Å². The molecule has 28 heavy (non-hydrogen) atoms. The number of hydrogen-bond acceptors (Lipinski definition) is 2. The van der Waals surface area contributed by atoms with Crippen molar-refractivity contribution in [1.29, 1.82) is 0 Å². The van der Waals surface area contributed by atoms with Crippen LogP contribution < -0.4 is 0 Å². The molecule has 0 aromatic rings. The fourth-order valence-corrected chi connectivity index (χ4v) is 3.92. The van der Waals surface area contributed by atoms with Gasteiger partial charge in [0.15, 0.2) is 0 Å². The maximum Gasteiger partial charge on any atom is 0.330 e. The Kier molecular flexibility index (Phi) is 15.5. The summed E-state index contributed by atoms with van der Waals surface area (Å²) in [5.74, 6) is 0.349. The number of rotatable bonds is 3. The van der Waals surface area contributed by atoms with E-state index in [0.29, 0.717) is 0 Å². The van der Waals surface area contributed by atoms with Crippen LogP contribution >= 0.6 is 0 Å². The molecule has 0 spiro atoms. The average molecular weight is 395 g/mol. The minimum atomic E-state index is -0.935. The van der Waals surface area contributed by atoms with E-state index in [2.05, 4.69) is 13.2 Å². The summed E-state index contributed by atoms with van der Waals surface area (Å²) in [6.45, 7) is 9.20. The molecule has 0 atom stereocenters. The lowest BCUT2D eigenvalue weighted by Gasteiger charge is -2.30. The number of carbonyl (C=O) groups is 2. The topological polar surface area (TPSA) is 74.6 Å². The van der Waals surface area contributed by atoms with Gasteiger partial charge in [-0.1, -0.05) is 103 Å². The highest BCUT2D eigenvalue weighted by atomic mass is 16.4. The predicted molar refractivity (Wildman–Crippen MR) is 117 cm³/mol. The predicted octanol–water partition coefficient (Wildman–Crippen LogP) is 7.00. The van der Waals surface area contributed by atoms with Crippen LogP contribution in [0.1, 0.15) is 104 Å². The SMILES string of the molecule is C1CCCC(C2CCCCCCC2)CCC1.C=C(C)C(=O)O.C=C(C)C(=O)O. The highest BCUT2D eigenvalue weighted by Crippen LogP contribution is 2.35. The van der Waals surface area contributed by atoms with Gasteiger partial charge in [0.05, 0.1) is 0 Å². The lowest BCUT2D eigenvalue weighted by molar-refractivity contribution is -0.133. The van der Waals surface area contributed by atoms with E-state index in [1.54, 1.807) is 25.7 Å². The second-order valence-electron chi connectivity index (χ2n) is 8.38. The van der Waals surface area contributed by atoms with Gasteiger partial charge in [0.2, 0.25) is 0 Å². The number of hydrogen-bond donors (Lipinski definition) is 2. The summed E-state index contributed by atoms with van der Waals surface area (Å²) in [5, 5.41) is 15.8. The maximum absolute atomic E-state index is 9.60. The van der Waals surface area contributed by atoms with E-state index in [1.807, 2.05) is 0 Å². The zero-order valence-corrected chi connectivity index (χ0v) is 18.2. The molecule has 0 aromatic heterocycles. The molecule has 0 aromatic carbocycles. The van der Waals surface area contributed by atoms with Crippen molar-refractivity contribution in [3.8, 4) is 0 Å². The molecule has 4 nitrogen and oxygen atoms in total. The van der Waals surface area contributed by atoms with Crippen molar-refractivity contribution in [1.82, 2.24) is 0 Å². The molecule has 0 radical (unpaired) electrons. The van der Waals surface area contributed by atoms with Gasteiger partial charge in [0.1, 0.15) is 0 Å². The molecule has 2 aliphatic rings. The lowest BCUT2D eigenvalue weighted by atomic mass is 9.76. The molecular weight excluding hydrogens is 352 g/mol. The first-order valence-corrected chi connectivity index (χ1v) is 11.0. The van der Waals surface area contributed by atoms with E-state index in [9.17, 15) is 9.59 Å². The Balaban J connectivity index is 0.000000505. The van der Waals surface area contributed by atoms with Gasteiger partial charge < -0.3 is 10.2 Å². The Morgan fingerprint density at radius 2 is 0.750 bits per heavy atom. The molecule has 0 aliphatic heterocycles. The first-order valence-electron chi connectivity index (χ1n) is 11.0. The first-order chi connectivity index (χ1) is 13.3. The molecule has 2 saturated carbocycles. The Morgan fingerprint density at radius 3 is 0.929 bits per heavy atom. The van der Waals surface area contributed by atoms with Crippen LogP contribution in [0.4, 0.5) is 0 Å². The van der Waals surface area contributed by atoms with Crippen molar-refractivity contribution < 1.29 is 19.8 Å².